The summed E-state index contributed by atoms with van der Waals surface area (Å²) in [7, 11) is -4.27. The van der Waals surface area contributed by atoms with Gasteiger partial charge in [0.2, 0.25) is 0 Å². The maximum atomic E-state index is 11.1. The van der Waals surface area contributed by atoms with Gasteiger partial charge in [0.15, 0.2) is 0 Å². The molecule has 0 unspecified atom stereocenters. The first-order valence-electron chi connectivity index (χ1n) is 9.25. The Balaban J connectivity index is 2.20. The van der Waals surface area contributed by atoms with E-state index in [-0.39, 0.29) is 10.6 Å². The zero-order valence-corrected chi connectivity index (χ0v) is 16.0. The quantitative estimate of drug-likeness (QED) is 0.292. The first-order chi connectivity index (χ1) is 11.9. The molecule has 1 aromatic carbocycles. The van der Waals surface area contributed by atoms with E-state index >= 15 is 0 Å². The largest absolute Gasteiger partial charge is 0.507 e. The molecule has 0 saturated heterocycles. The molecule has 0 bridgehead atoms. The summed E-state index contributed by atoms with van der Waals surface area (Å²) >= 11 is 0. The summed E-state index contributed by atoms with van der Waals surface area (Å²) in [5.74, 6) is -0.0563. The van der Waals surface area contributed by atoms with Crippen molar-refractivity contribution in [1.29, 1.82) is 0 Å². The van der Waals surface area contributed by atoms with E-state index in [1.165, 1.54) is 69.7 Å². The van der Waals surface area contributed by atoms with Crippen LogP contribution in [0.4, 0.5) is 0 Å². The van der Waals surface area contributed by atoms with Crippen molar-refractivity contribution in [3.8, 4) is 5.75 Å². The fraction of sp³-hybridized carbons (Fsp3) is 0.632. The molecule has 0 atom stereocenters. The fourth-order valence-electron chi connectivity index (χ4n) is 2.65. The number of rotatable bonds is 13. The molecule has 6 heteroatoms. The molecule has 0 heterocycles. The lowest BCUT2D eigenvalue weighted by molar-refractivity contribution is 0.472. The van der Waals surface area contributed by atoms with Crippen LogP contribution in [0, 0.1) is 0 Å². The summed E-state index contributed by atoms with van der Waals surface area (Å²) in [4.78, 5) is 3.99. The lowest BCUT2D eigenvalue weighted by Gasteiger charge is -2.02. The predicted molar refractivity (Wildman–Crippen MR) is 102 cm³/mol. The van der Waals surface area contributed by atoms with Gasteiger partial charge in [-0.15, -0.1) is 0 Å². The third-order valence-electron chi connectivity index (χ3n) is 4.17. The molecule has 1 aromatic rings. The molecule has 142 valence electrons. The Morgan fingerprint density at radius 2 is 1.52 bits per heavy atom. The topological polar surface area (TPSA) is 87.0 Å². The number of aromatic hydroxyl groups is 1. The average Bonchev–Trinajstić information content (AvgIpc) is 2.56. The molecule has 0 aliphatic carbocycles. The van der Waals surface area contributed by atoms with Crippen molar-refractivity contribution in [1.82, 2.24) is 0 Å². The van der Waals surface area contributed by atoms with Crippen LogP contribution in [0.2, 0.25) is 0 Å². The van der Waals surface area contributed by atoms with Gasteiger partial charge < -0.3 is 5.11 Å². The van der Waals surface area contributed by atoms with Gasteiger partial charge in [-0.1, -0.05) is 64.7 Å². The van der Waals surface area contributed by atoms with Crippen molar-refractivity contribution in [2.45, 2.75) is 76.0 Å². The van der Waals surface area contributed by atoms with Crippen LogP contribution in [0.5, 0.6) is 5.75 Å². The Bertz CT molecular complexity index is 626. The van der Waals surface area contributed by atoms with E-state index in [2.05, 4.69) is 11.9 Å². The molecule has 0 fully saturated rings. The van der Waals surface area contributed by atoms with Gasteiger partial charge in [-0.3, -0.25) is 9.55 Å². The van der Waals surface area contributed by atoms with Crippen LogP contribution < -0.4 is 0 Å². The van der Waals surface area contributed by atoms with Crippen molar-refractivity contribution < 1.29 is 18.1 Å². The van der Waals surface area contributed by atoms with Crippen LogP contribution in [0.3, 0.4) is 0 Å². The average molecular weight is 370 g/mol. The molecular weight excluding hydrogens is 338 g/mol. The highest BCUT2D eigenvalue weighted by Crippen LogP contribution is 2.19. The van der Waals surface area contributed by atoms with Gasteiger partial charge in [0.05, 0.1) is 4.90 Å². The molecule has 0 aliphatic rings. The maximum Gasteiger partial charge on any atom is 0.294 e. The minimum atomic E-state index is -4.27. The maximum absolute atomic E-state index is 11.1. The van der Waals surface area contributed by atoms with Gasteiger partial charge in [-0.25, -0.2) is 0 Å². The lowest BCUT2D eigenvalue weighted by Crippen LogP contribution is -1.99. The van der Waals surface area contributed by atoms with Crippen molar-refractivity contribution in [3.63, 3.8) is 0 Å². The molecular formula is C19H31NO4S. The summed E-state index contributed by atoms with van der Waals surface area (Å²) in [6.45, 7) is 2.88. The molecule has 1 rings (SSSR count). The molecule has 0 spiro atoms. The highest BCUT2D eigenvalue weighted by molar-refractivity contribution is 7.85. The third kappa shape index (κ3) is 9.60. The number of benzene rings is 1. The SMILES string of the molecule is CCCCCCCCCCCCN=Cc1cc(S(=O)(=O)O)ccc1O. The number of aliphatic imine (C=N–C) groups is 1. The van der Waals surface area contributed by atoms with E-state index in [1.54, 1.807) is 0 Å². The number of nitrogens with zero attached hydrogens (tertiary/aromatic N) is 1. The Morgan fingerprint density at radius 3 is 2.08 bits per heavy atom. The zero-order chi connectivity index (χ0) is 18.5. The van der Waals surface area contributed by atoms with E-state index in [0.717, 1.165) is 18.9 Å². The Hall–Kier alpha value is -1.40. The van der Waals surface area contributed by atoms with Crippen LogP contribution in [-0.4, -0.2) is 30.8 Å². The summed E-state index contributed by atoms with van der Waals surface area (Å²) in [5.41, 5.74) is 0.294. The molecule has 0 aliphatic heterocycles. The molecule has 0 radical (unpaired) electrons. The fourth-order valence-corrected chi connectivity index (χ4v) is 3.17. The molecule has 2 N–H and O–H groups in total. The van der Waals surface area contributed by atoms with E-state index < -0.39 is 10.1 Å². The second kappa shape index (κ2) is 12.0. The van der Waals surface area contributed by atoms with Crippen LogP contribution >= 0.6 is 0 Å². The molecule has 0 amide bonds. The molecule has 5 nitrogen and oxygen atoms in total. The minimum absolute atomic E-state index is 0.0563. The second-order valence-corrected chi connectivity index (χ2v) is 7.83. The van der Waals surface area contributed by atoms with Gasteiger partial charge in [0, 0.05) is 18.3 Å². The van der Waals surface area contributed by atoms with Crippen molar-refractivity contribution in [2.75, 3.05) is 6.54 Å². The minimum Gasteiger partial charge on any atom is -0.507 e. The number of hydrogen-bond donors (Lipinski definition) is 2. The standard InChI is InChI=1S/C19H31NO4S/c1-2-3-4-5-6-7-8-9-10-11-14-20-16-17-15-18(25(22,23)24)12-13-19(17)21/h12-13,15-16,21H,2-11,14H2,1H3,(H,22,23,24). The van der Waals surface area contributed by atoms with Crippen LogP contribution in [0.1, 0.15) is 76.7 Å². The van der Waals surface area contributed by atoms with Gasteiger partial charge in [0.1, 0.15) is 5.75 Å². The van der Waals surface area contributed by atoms with Gasteiger partial charge in [-0.05, 0) is 24.6 Å². The summed E-state index contributed by atoms with van der Waals surface area (Å²) < 4.78 is 31.2. The van der Waals surface area contributed by atoms with E-state index in [9.17, 15) is 13.5 Å². The molecule has 0 aromatic heterocycles. The van der Waals surface area contributed by atoms with Crippen LogP contribution in [0.25, 0.3) is 0 Å². The Labute approximate surface area is 151 Å². The van der Waals surface area contributed by atoms with Gasteiger partial charge in [0.25, 0.3) is 10.1 Å². The highest BCUT2D eigenvalue weighted by Gasteiger charge is 2.11. The summed E-state index contributed by atoms with van der Waals surface area (Å²) in [5, 5.41) is 9.71. The van der Waals surface area contributed by atoms with E-state index in [0.29, 0.717) is 12.1 Å². The van der Waals surface area contributed by atoms with Gasteiger partial charge >= 0.3 is 0 Å². The van der Waals surface area contributed by atoms with Crippen molar-refractivity contribution in [3.05, 3.63) is 23.8 Å². The smallest absolute Gasteiger partial charge is 0.294 e. The Kier molecular flexibility index (Phi) is 10.4. The van der Waals surface area contributed by atoms with Crippen molar-refractivity contribution in [2.24, 2.45) is 4.99 Å². The lowest BCUT2D eigenvalue weighted by atomic mass is 10.1. The molecule has 0 saturated carbocycles. The van der Waals surface area contributed by atoms with E-state index in [1.807, 2.05) is 0 Å². The van der Waals surface area contributed by atoms with Crippen LogP contribution in [0.15, 0.2) is 28.1 Å². The van der Waals surface area contributed by atoms with E-state index in [4.69, 9.17) is 4.55 Å². The third-order valence-corrected chi connectivity index (χ3v) is 5.02. The first-order valence-corrected chi connectivity index (χ1v) is 10.7. The second-order valence-electron chi connectivity index (χ2n) is 6.41. The molecule has 25 heavy (non-hydrogen) atoms. The normalized spacial score (nSPS) is 12.1. The monoisotopic (exact) mass is 369 g/mol. The Morgan fingerprint density at radius 1 is 0.960 bits per heavy atom. The predicted octanol–water partition coefficient (Wildman–Crippen LogP) is 4.98. The van der Waals surface area contributed by atoms with Crippen molar-refractivity contribution >= 4 is 16.3 Å². The number of phenols is 1. The zero-order valence-electron chi connectivity index (χ0n) is 15.2. The number of hydrogen-bond acceptors (Lipinski definition) is 4. The van der Waals surface area contributed by atoms with Gasteiger partial charge in [-0.2, -0.15) is 8.42 Å². The first kappa shape index (κ1) is 21.6. The summed E-state index contributed by atoms with van der Waals surface area (Å²) in [6, 6.07) is 3.61. The number of unbranched alkanes of at least 4 members (excludes halogenated alkanes) is 9. The summed E-state index contributed by atoms with van der Waals surface area (Å²) in [6.07, 6.45) is 14.0. The van der Waals surface area contributed by atoms with Crippen LogP contribution in [-0.2, 0) is 10.1 Å². The highest BCUT2D eigenvalue weighted by atomic mass is 32.2. The number of phenolic OH excluding ortho intramolecular Hbond substituents is 1.